The van der Waals surface area contributed by atoms with Crippen LogP contribution in [0.3, 0.4) is 0 Å². The van der Waals surface area contributed by atoms with Crippen molar-refractivity contribution in [2.75, 3.05) is 6.61 Å². The topological polar surface area (TPSA) is 26.3 Å². The van der Waals surface area contributed by atoms with Crippen molar-refractivity contribution in [3.05, 3.63) is 35.4 Å². The molecule has 1 heterocycles. The minimum absolute atomic E-state index is 0.307. The first-order chi connectivity index (χ1) is 8.21. The van der Waals surface area contributed by atoms with Crippen LogP contribution in [-0.4, -0.2) is 12.4 Å². The fourth-order valence-corrected chi connectivity index (χ4v) is 3.23. The number of Topliss-reactive ketones (excluding diaryl/α,β-unsaturated/α-hetero) is 1. The molecule has 0 bridgehead atoms. The molecule has 1 aliphatic heterocycles. The second kappa shape index (κ2) is 3.95. The van der Waals surface area contributed by atoms with Crippen LogP contribution in [0.25, 0.3) is 0 Å². The van der Waals surface area contributed by atoms with Crippen LogP contribution in [0.5, 0.6) is 0 Å². The Labute approximate surface area is 102 Å². The maximum absolute atomic E-state index is 11.7. The van der Waals surface area contributed by atoms with E-state index >= 15 is 0 Å². The number of benzene rings is 1. The van der Waals surface area contributed by atoms with Gasteiger partial charge in [-0.05, 0) is 29.9 Å². The molecular weight excluding hydrogens is 212 g/mol. The SMILES string of the molecule is CC1CCC2(CC(=O)CCO2)c2ccccc21. The summed E-state index contributed by atoms with van der Waals surface area (Å²) in [6.45, 7) is 2.85. The van der Waals surface area contributed by atoms with Gasteiger partial charge in [-0.2, -0.15) is 0 Å². The average Bonchev–Trinajstić information content (AvgIpc) is 2.35. The number of hydrogen-bond donors (Lipinski definition) is 0. The lowest BCUT2D eigenvalue weighted by Gasteiger charge is -2.43. The van der Waals surface area contributed by atoms with Crippen LogP contribution in [0.4, 0.5) is 0 Å². The number of hydrogen-bond acceptors (Lipinski definition) is 2. The van der Waals surface area contributed by atoms with Crippen LogP contribution < -0.4 is 0 Å². The number of ether oxygens (including phenoxy) is 1. The minimum atomic E-state index is -0.307. The molecule has 0 amide bonds. The lowest BCUT2D eigenvalue weighted by molar-refractivity contribution is -0.144. The van der Waals surface area contributed by atoms with Crippen molar-refractivity contribution < 1.29 is 9.53 Å². The summed E-state index contributed by atoms with van der Waals surface area (Å²) in [5.74, 6) is 0.929. The van der Waals surface area contributed by atoms with Gasteiger partial charge in [-0.25, -0.2) is 0 Å². The van der Waals surface area contributed by atoms with Crippen molar-refractivity contribution in [1.29, 1.82) is 0 Å². The van der Waals surface area contributed by atoms with Gasteiger partial charge in [0.05, 0.1) is 6.61 Å². The van der Waals surface area contributed by atoms with Crippen molar-refractivity contribution in [3.63, 3.8) is 0 Å². The molecule has 2 atom stereocenters. The maximum atomic E-state index is 11.7. The molecule has 0 saturated carbocycles. The number of carbonyl (C=O) groups is 1. The summed E-state index contributed by atoms with van der Waals surface area (Å²) < 4.78 is 6.03. The molecule has 2 heteroatoms. The number of fused-ring (bicyclic) bond motifs is 2. The molecule has 1 saturated heterocycles. The molecule has 17 heavy (non-hydrogen) atoms. The van der Waals surface area contributed by atoms with Gasteiger partial charge in [-0.3, -0.25) is 4.79 Å². The van der Waals surface area contributed by atoms with Gasteiger partial charge in [0.15, 0.2) is 0 Å². The first kappa shape index (κ1) is 11.0. The molecule has 1 aromatic carbocycles. The Bertz CT molecular complexity index is 452. The molecule has 0 N–H and O–H groups in total. The summed E-state index contributed by atoms with van der Waals surface area (Å²) in [6.07, 6.45) is 3.25. The number of ketones is 1. The van der Waals surface area contributed by atoms with Crippen LogP contribution in [0.2, 0.25) is 0 Å². The molecular formula is C15H18O2. The van der Waals surface area contributed by atoms with Crippen molar-refractivity contribution in [3.8, 4) is 0 Å². The zero-order valence-electron chi connectivity index (χ0n) is 10.2. The highest BCUT2D eigenvalue weighted by atomic mass is 16.5. The lowest BCUT2D eigenvalue weighted by Crippen LogP contribution is -2.40. The van der Waals surface area contributed by atoms with E-state index in [2.05, 4.69) is 31.2 Å². The molecule has 1 aliphatic carbocycles. The first-order valence-electron chi connectivity index (χ1n) is 6.46. The Kier molecular flexibility index (Phi) is 2.55. The zero-order valence-corrected chi connectivity index (χ0v) is 10.2. The van der Waals surface area contributed by atoms with E-state index in [1.54, 1.807) is 0 Å². The van der Waals surface area contributed by atoms with Gasteiger partial charge >= 0.3 is 0 Å². The first-order valence-corrected chi connectivity index (χ1v) is 6.46. The van der Waals surface area contributed by atoms with E-state index in [0.717, 1.165) is 12.8 Å². The van der Waals surface area contributed by atoms with Crippen molar-refractivity contribution in [2.24, 2.45) is 0 Å². The third kappa shape index (κ3) is 1.71. The highest BCUT2D eigenvalue weighted by Crippen LogP contribution is 2.47. The molecule has 90 valence electrons. The molecule has 2 nitrogen and oxygen atoms in total. The zero-order chi connectivity index (χ0) is 11.9. The van der Waals surface area contributed by atoms with Crippen LogP contribution in [0, 0.1) is 0 Å². The molecule has 3 rings (SSSR count). The van der Waals surface area contributed by atoms with Gasteiger partial charge in [0, 0.05) is 12.8 Å². The van der Waals surface area contributed by atoms with Crippen LogP contribution in [0.1, 0.15) is 49.7 Å². The normalized spacial score (nSPS) is 32.5. The lowest BCUT2D eigenvalue weighted by atomic mass is 9.71. The smallest absolute Gasteiger partial charge is 0.138 e. The monoisotopic (exact) mass is 230 g/mol. The van der Waals surface area contributed by atoms with Gasteiger partial charge in [-0.15, -0.1) is 0 Å². The van der Waals surface area contributed by atoms with E-state index in [1.165, 1.54) is 11.1 Å². The largest absolute Gasteiger partial charge is 0.369 e. The third-order valence-corrected chi connectivity index (χ3v) is 4.21. The quantitative estimate of drug-likeness (QED) is 0.684. The van der Waals surface area contributed by atoms with E-state index in [1.807, 2.05) is 0 Å². The third-order valence-electron chi connectivity index (χ3n) is 4.21. The van der Waals surface area contributed by atoms with E-state index < -0.39 is 0 Å². The van der Waals surface area contributed by atoms with E-state index in [-0.39, 0.29) is 5.60 Å². The second-order valence-electron chi connectivity index (χ2n) is 5.34. The summed E-state index contributed by atoms with van der Waals surface area (Å²) in [5, 5.41) is 0. The van der Waals surface area contributed by atoms with Crippen LogP contribution >= 0.6 is 0 Å². The fourth-order valence-electron chi connectivity index (χ4n) is 3.23. The Balaban J connectivity index is 2.08. The molecule has 0 aromatic heterocycles. The van der Waals surface area contributed by atoms with E-state index in [9.17, 15) is 4.79 Å². The highest BCUT2D eigenvalue weighted by Gasteiger charge is 2.43. The molecule has 0 radical (unpaired) electrons. The summed E-state index contributed by atoms with van der Waals surface area (Å²) in [7, 11) is 0. The molecule has 2 aliphatic rings. The average molecular weight is 230 g/mol. The summed E-state index contributed by atoms with van der Waals surface area (Å²) in [4.78, 5) is 11.7. The minimum Gasteiger partial charge on any atom is -0.369 e. The second-order valence-corrected chi connectivity index (χ2v) is 5.34. The van der Waals surface area contributed by atoms with Gasteiger partial charge in [0.1, 0.15) is 11.4 Å². The van der Waals surface area contributed by atoms with Gasteiger partial charge < -0.3 is 4.74 Å². The van der Waals surface area contributed by atoms with Crippen molar-refractivity contribution in [1.82, 2.24) is 0 Å². The van der Waals surface area contributed by atoms with Gasteiger partial charge in [0.2, 0.25) is 0 Å². The Morgan fingerprint density at radius 3 is 3.00 bits per heavy atom. The molecule has 1 fully saturated rings. The maximum Gasteiger partial charge on any atom is 0.138 e. The fraction of sp³-hybridized carbons (Fsp3) is 0.533. The number of rotatable bonds is 0. The number of carbonyl (C=O) groups excluding carboxylic acids is 1. The van der Waals surface area contributed by atoms with Gasteiger partial charge in [-0.1, -0.05) is 31.2 Å². The Morgan fingerprint density at radius 1 is 1.35 bits per heavy atom. The Morgan fingerprint density at radius 2 is 2.18 bits per heavy atom. The van der Waals surface area contributed by atoms with Crippen molar-refractivity contribution >= 4 is 5.78 Å². The summed E-state index contributed by atoms with van der Waals surface area (Å²) >= 11 is 0. The van der Waals surface area contributed by atoms with Gasteiger partial charge in [0.25, 0.3) is 0 Å². The summed E-state index contributed by atoms with van der Waals surface area (Å²) in [6, 6.07) is 8.47. The predicted molar refractivity (Wildman–Crippen MR) is 66.0 cm³/mol. The van der Waals surface area contributed by atoms with Crippen molar-refractivity contribution in [2.45, 2.75) is 44.1 Å². The molecule has 2 unspecified atom stereocenters. The highest BCUT2D eigenvalue weighted by molar-refractivity contribution is 5.80. The van der Waals surface area contributed by atoms with Crippen LogP contribution in [-0.2, 0) is 15.1 Å². The Hall–Kier alpha value is -1.15. The summed E-state index contributed by atoms with van der Waals surface area (Å²) in [5.41, 5.74) is 2.32. The molecule has 1 spiro atoms. The molecule has 1 aromatic rings. The van der Waals surface area contributed by atoms with Crippen LogP contribution in [0.15, 0.2) is 24.3 Å². The predicted octanol–water partition coefficient (Wildman–Crippen LogP) is 3.16. The van der Waals surface area contributed by atoms with E-state index in [0.29, 0.717) is 31.1 Å². The van der Waals surface area contributed by atoms with E-state index in [4.69, 9.17) is 4.74 Å². The standard InChI is InChI=1S/C15H18O2/c1-11-6-8-15(10-12(16)7-9-17-15)14-5-3-2-4-13(11)14/h2-5,11H,6-10H2,1H3.